The Bertz CT molecular complexity index is 1260. The Morgan fingerprint density at radius 1 is 0.964 bits per heavy atom. The minimum absolute atomic E-state index is 0.196. The van der Waals surface area contributed by atoms with Crippen LogP contribution in [0.1, 0.15) is 16.2 Å². The number of rotatable bonds is 3. The van der Waals surface area contributed by atoms with Crippen LogP contribution in [0.25, 0.3) is 16.5 Å². The molecule has 0 saturated heterocycles. The molecule has 138 valence electrons. The van der Waals surface area contributed by atoms with E-state index in [9.17, 15) is 9.59 Å². The molecule has 5 nitrogen and oxygen atoms in total. The van der Waals surface area contributed by atoms with Crippen LogP contribution in [0.15, 0.2) is 77.6 Å². The van der Waals surface area contributed by atoms with Gasteiger partial charge in [0, 0.05) is 17.4 Å². The van der Waals surface area contributed by atoms with Crippen LogP contribution in [0.3, 0.4) is 0 Å². The molecular weight excluding hydrogens is 374 g/mol. The van der Waals surface area contributed by atoms with Crippen LogP contribution in [0, 0.1) is 6.92 Å². The van der Waals surface area contributed by atoms with Gasteiger partial charge >= 0.3 is 0 Å². The Morgan fingerprint density at radius 2 is 1.68 bits per heavy atom. The molecule has 0 atom stereocenters. The lowest BCUT2D eigenvalue weighted by Crippen LogP contribution is -2.27. The van der Waals surface area contributed by atoms with Crippen LogP contribution < -0.4 is 10.7 Å². The van der Waals surface area contributed by atoms with Gasteiger partial charge in [-0.2, -0.15) is 5.10 Å². The predicted octanol–water partition coefficient (Wildman–Crippen LogP) is 4.60. The van der Waals surface area contributed by atoms with Gasteiger partial charge in [0.25, 0.3) is 5.91 Å². The van der Waals surface area contributed by atoms with Crippen molar-refractivity contribution in [2.75, 3.05) is 5.32 Å². The molecule has 4 aromatic rings. The third-order valence-corrected chi connectivity index (χ3v) is 4.73. The maximum Gasteiger partial charge on any atom is 0.280 e. The normalized spacial score (nSPS) is 10.8. The number of nitrogens with one attached hydrogen (secondary N) is 1. The van der Waals surface area contributed by atoms with E-state index in [1.807, 2.05) is 42.5 Å². The van der Waals surface area contributed by atoms with Gasteiger partial charge in [0.2, 0.25) is 5.43 Å². The average molecular weight is 390 g/mol. The SMILES string of the molecule is Cc1cc(=O)c(C(=O)Nc2ccc3ccccc3c2)nn1-c1ccccc1Cl. The molecule has 1 amide bonds. The quantitative estimate of drug-likeness (QED) is 0.557. The molecule has 0 fully saturated rings. The highest BCUT2D eigenvalue weighted by atomic mass is 35.5. The van der Waals surface area contributed by atoms with E-state index in [-0.39, 0.29) is 5.69 Å². The van der Waals surface area contributed by atoms with Crippen LogP contribution in [0.2, 0.25) is 5.02 Å². The van der Waals surface area contributed by atoms with Crippen LogP contribution >= 0.6 is 11.6 Å². The van der Waals surface area contributed by atoms with Gasteiger partial charge in [-0.1, -0.05) is 54.1 Å². The van der Waals surface area contributed by atoms with Crippen LogP contribution in [-0.4, -0.2) is 15.7 Å². The zero-order valence-electron chi connectivity index (χ0n) is 15.0. The van der Waals surface area contributed by atoms with Gasteiger partial charge in [-0.15, -0.1) is 0 Å². The molecule has 0 spiro atoms. The molecule has 28 heavy (non-hydrogen) atoms. The van der Waals surface area contributed by atoms with E-state index in [2.05, 4.69) is 10.4 Å². The Balaban J connectivity index is 1.71. The first-order valence-electron chi connectivity index (χ1n) is 8.69. The molecule has 0 unspecified atom stereocenters. The lowest BCUT2D eigenvalue weighted by molar-refractivity contribution is 0.101. The number of carbonyl (C=O) groups excluding carboxylic acids is 1. The summed E-state index contributed by atoms with van der Waals surface area (Å²) >= 11 is 6.25. The van der Waals surface area contributed by atoms with E-state index in [0.717, 1.165) is 10.8 Å². The zero-order valence-corrected chi connectivity index (χ0v) is 15.8. The first-order valence-corrected chi connectivity index (χ1v) is 9.07. The number of benzene rings is 3. The number of fused-ring (bicyclic) bond motifs is 1. The summed E-state index contributed by atoms with van der Waals surface area (Å²) in [7, 11) is 0. The minimum Gasteiger partial charge on any atom is -0.320 e. The van der Waals surface area contributed by atoms with Gasteiger partial charge in [-0.3, -0.25) is 9.59 Å². The van der Waals surface area contributed by atoms with Gasteiger partial charge in [-0.05, 0) is 42.0 Å². The molecule has 1 N–H and O–H groups in total. The van der Waals surface area contributed by atoms with Gasteiger partial charge in [-0.25, -0.2) is 4.68 Å². The number of hydrogen-bond donors (Lipinski definition) is 1. The summed E-state index contributed by atoms with van der Waals surface area (Å²) in [6.45, 7) is 1.74. The van der Waals surface area contributed by atoms with E-state index in [1.54, 1.807) is 31.2 Å². The fraction of sp³-hybridized carbons (Fsp3) is 0.0455. The van der Waals surface area contributed by atoms with Crippen molar-refractivity contribution in [2.45, 2.75) is 6.92 Å². The molecule has 1 heterocycles. The average Bonchev–Trinajstić information content (AvgIpc) is 2.69. The van der Waals surface area contributed by atoms with Crippen LogP contribution in [0.4, 0.5) is 5.69 Å². The van der Waals surface area contributed by atoms with Crippen LogP contribution in [-0.2, 0) is 0 Å². The van der Waals surface area contributed by atoms with Crippen molar-refractivity contribution in [2.24, 2.45) is 0 Å². The zero-order chi connectivity index (χ0) is 19.7. The maximum atomic E-state index is 12.7. The number of anilines is 1. The smallest absolute Gasteiger partial charge is 0.280 e. The fourth-order valence-electron chi connectivity index (χ4n) is 3.03. The standard InChI is InChI=1S/C22H16ClN3O2/c1-14-12-20(27)21(25-26(14)19-9-5-4-8-18(19)23)22(28)24-17-11-10-15-6-2-3-7-16(15)13-17/h2-13H,1H3,(H,24,28). The number of halogens is 1. The molecule has 1 aromatic heterocycles. The van der Waals surface area contributed by atoms with E-state index in [4.69, 9.17) is 11.6 Å². The monoisotopic (exact) mass is 389 g/mol. The predicted molar refractivity (Wildman–Crippen MR) is 111 cm³/mol. The summed E-state index contributed by atoms with van der Waals surface area (Å²) in [6, 6.07) is 21.9. The second-order valence-electron chi connectivity index (χ2n) is 6.38. The summed E-state index contributed by atoms with van der Waals surface area (Å²) in [6.07, 6.45) is 0. The molecule has 0 aliphatic heterocycles. The lowest BCUT2D eigenvalue weighted by Gasteiger charge is -2.12. The molecule has 0 aliphatic rings. The Kier molecular flexibility index (Phi) is 4.67. The van der Waals surface area contributed by atoms with Crippen molar-refractivity contribution in [3.8, 4) is 5.69 Å². The first-order chi connectivity index (χ1) is 13.5. The van der Waals surface area contributed by atoms with Gasteiger partial charge in [0.05, 0.1) is 10.7 Å². The maximum absolute atomic E-state index is 12.7. The summed E-state index contributed by atoms with van der Waals surface area (Å²) in [4.78, 5) is 25.1. The third-order valence-electron chi connectivity index (χ3n) is 4.41. The minimum atomic E-state index is -0.568. The molecular formula is C22H16ClN3O2. The summed E-state index contributed by atoms with van der Waals surface area (Å²) in [5, 5.41) is 9.56. The highest BCUT2D eigenvalue weighted by Gasteiger charge is 2.16. The topological polar surface area (TPSA) is 64.0 Å². The van der Waals surface area contributed by atoms with Crippen molar-refractivity contribution in [3.63, 3.8) is 0 Å². The van der Waals surface area contributed by atoms with Gasteiger partial charge in [0.1, 0.15) is 0 Å². The number of aromatic nitrogens is 2. The van der Waals surface area contributed by atoms with Crippen molar-refractivity contribution in [1.82, 2.24) is 9.78 Å². The van der Waals surface area contributed by atoms with Gasteiger partial charge in [0.15, 0.2) is 5.69 Å². The number of aryl methyl sites for hydroxylation is 1. The van der Waals surface area contributed by atoms with E-state index in [1.165, 1.54) is 10.7 Å². The summed E-state index contributed by atoms with van der Waals surface area (Å²) < 4.78 is 1.50. The number of para-hydroxylation sites is 1. The van der Waals surface area contributed by atoms with Crippen molar-refractivity contribution >= 4 is 34.0 Å². The molecule has 0 bridgehead atoms. The van der Waals surface area contributed by atoms with Crippen molar-refractivity contribution in [1.29, 1.82) is 0 Å². The fourth-order valence-corrected chi connectivity index (χ4v) is 3.25. The van der Waals surface area contributed by atoms with E-state index in [0.29, 0.717) is 22.1 Å². The third kappa shape index (κ3) is 3.40. The van der Waals surface area contributed by atoms with Gasteiger partial charge < -0.3 is 5.32 Å². The highest BCUT2D eigenvalue weighted by molar-refractivity contribution is 6.32. The molecule has 3 aromatic carbocycles. The van der Waals surface area contributed by atoms with Crippen molar-refractivity contribution < 1.29 is 4.79 Å². The number of amides is 1. The second-order valence-corrected chi connectivity index (χ2v) is 6.79. The Morgan fingerprint density at radius 3 is 2.46 bits per heavy atom. The molecule has 0 radical (unpaired) electrons. The number of nitrogens with zero attached hydrogens (tertiary/aromatic N) is 2. The second kappa shape index (κ2) is 7.29. The van der Waals surface area contributed by atoms with E-state index >= 15 is 0 Å². The molecule has 6 heteroatoms. The lowest BCUT2D eigenvalue weighted by atomic mass is 10.1. The Labute approximate surface area is 166 Å². The first kappa shape index (κ1) is 17.9. The summed E-state index contributed by atoms with van der Waals surface area (Å²) in [5.74, 6) is -0.568. The van der Waals surface area contributed by atoms with E-state index < -0.39 is 11.3 Å². The van der Waals surface area contributed by atoms with Crippen LogP contribution in [0.5, 0.6) is 0 Å². The highest BCUT2D eigenvalue weighted by Crippen LogP contribution is 2.21. The molecule has 0 aliphatic carbocycles. The Hall–Kier alpha value is -3.44. The summed E-state index contributed by atoms with van der Waals surface area (Å²) in [5.41, 5.74) is 1.13. The molecule has 0 saturated carbocycles. The number of hydrogen-bond acceptors (Lipinski definition) is 3. The largest absolute Gasteiger partial charge is 0.320 e. The van der Waals surface area contributed by atoms with Crippen molar-refractivity contribution in [3.05, 3.63) is 99.4 Å². The number of carbonyl (C=O) groups is 1. The molecule has 4 rings (SSSR count).